The van der Waals surface area contributed by atoms with E-state index in [9.17, 15) is 20.4 Å². The summed E-state index contributed by atoms with van der Waals surface area (Å²) in [5.74, 6) is 0. The lowest BCUT2D eigenvalue weighted by molar-refractivity contribution is -0.301. The molecule has 1 heterocycles. The predicted octanol–water partition coefficient (Wildman–Crippen LogP) is -2.50. The topological polar surface area (TPSA) is 110 Å². The van der Waals surface area contributed by atoms with E-state index in [1.807, 2.05) is 0 Å². The Kier molecular flexibility index (Phi) is 3.29. The fourth-order valence-electron chi connectivity index (χ4n) is 1.11. The van der Waals surface area contributed by atoms with E-state index in [-0.39, 0.29) is 0 Å². The van der Waals surface area contributed by atoms with Gasteiger partial charge in [-0.3, -0.25) is 0 Å². The minimum absolute atomic E-state index is 0.571. The van der Waals surface area contributed by atoms with Crippen molar-refractivity contribution in [2.24, 2.45) is 0 Å². The zero-order valence-corrected chi connectivity index (χ0v) is 8.12. The summed E-state index contributed by atoms with van der Waals surface area (Å²) in [7, 11) is 0. The minimum atomic E-state index is -2.14. The molecule has 1 aliphatic rings. The van der Waals surface area contributed by atoms with Crippen LogP contribution in [0.4, 0.5) is 0 Å². The van der Waals surface area contributed by atoms with Crippen molar-refractivity contribution >= 4 is 15.9 Å². The molecular weight excluding hydrogens is 248 g/mol. The summed E-state index contributed by atoms with van der Waals surface area (Å²) in [6.45, 7) is -0.571. The van der Waals surface area contributed by atoms with Gasteiger partial charge < -0.3 is 30.3 Å². The van der Waals surface area contributed by atoms with Gasteiger partial charge >= 0.3 is 0 Å². The lowest BCUT2D eigenvalue weighted by atomic mass is 9.99. The molecule has 0 radical (unpaired) electrons. The summed E-state index contributed by atoms with van der Waals surface area (Å²) in [5.41, 5.74) is 0. The SMILES string of the molecule is OC[C@H]1O[C@@](O)(Br)[C@@H](O)[C@@H](O)[C@@H]1O. The van der Waals surface area contributed by atoms with Crippen molar-refractivity contribution in [3.05, 3.63) is 0 Å². The molecule has 13 heavy (non-hydrogen) atoms. The van der Waals surface area contributed by atoms with Crippen LogP contribution < -0.4 is 0 Å². The van der Waals surface area contributed by atoms with Crippen LogP contribution >= 0.6 is 15.9 Å². The summed E-state index contributed by atoms with van der Waals surface area (Å²) in [5, 5.41) is 45.6. The fourth-order valence-corrected chi connectivity index (χ4v) is 1.63. The third kappa shape index (κ3) is 2.01. The smallest absolute Gasteiger partial charge is 0.254 e. The number of rotatable bonds is 1. The van der Waals surface area contributed by atoms with Gasteiger partial charge in [-0.2, -0.15) is 0 Å². The van der Waals surface area contributed by atoms with Crippen molar-refractivity contribution in [2.45, 2.75) is 29.1 Å². The molecule has 0 aromatic carbocycles. The summed E-state index contributed by atoms with van der Waals surface area (Å²) in [6, 6.07) is 0. The molecule has 0 spiro atoms. The second kappa shape index (κ2) is 3.77. The van der Waals surface area contributed by atoms with Crippen LogP contribution in [0.25, 0.3) is 0 Å². The molecule has 0 bridgehead atoms. The first-order valence-electron chi connectivity index (χ1n) is 3.64. The second-order valence-electron chi connectivity index (χ2n) is 2.87. The number of aliphatic hydroxyl groups excluding tert-OH is 4. The van der Waals surface area contributed by atoms with E-state index in [0.29, 0.717) is 0 Å². The van der Waals surface area contributed by atoms with E-state index >= 15 is 0 Å². The Morgan fingerprint density at radius 3 is 2.23 bits per heavy atom. The number of halogens is 1. The van der Waals surface area contributed by atoms with Crippen LogP contribution in [0.1, 0.15) is 0 Å². The molecule has 0 aromatic rings. The molecule has 5 atom stereocenters. The second-order valence-corrected chi connectivity index (χ2v) is 4.01. The molecule has 0 aromatic heterocycles. The Balaban J connectivity index is 2.79. The van der Waals surface area contributed by atoms with Crippen LogP contribution in [0.5, 0.6) is 0 Å². The highest BCUT2D eigenvalue weighted by atomic mass is 79.9. The van der Waals surface area contributed by atoms with Crippen LogP contribution in [-0.2, 0) is 4.74 Å². The third-order valence-electron chi connectivity index (χ3n) is 1.92. The molecular formula is C6H11BrO6. The minimum Gasteiger partial charge on any atom is -0.394 e. The van der Waals surface area contributed by atoms with Gasteiger partial charge in [0.15, 0.2) is 0 Å². The van der Waals surface area contributed by atoms with Gasteiger partial charge in [0.2, 0.25) is 0 Å². The van der Waals surface area contributed by atoms with Gasteiger partial charge in [-0.15, -0.1) is 0 Å². The maximum atomic E-state index is 9.29. The van der Waals surface area contributed by atoms with Gasteiger partial charge in [-0.25, -0.2) is 0 Å². The van der Waals surface area contributed by atoms with Crippen molar-refractivity contribution in [1.29, 1.82) is 0 Å². The van der Waals surface area contributed by atoms with Crippen molar-refractivity contribution < 1.29 is 30.3 Å². The lowest BCUT2D eigenvalue weighted by Crippen LogP contribution is -2.62. The number of aliphatic hydroxyl groups is 5. The average Bonchev–Trinajstić information content (AvgIpc) is 2.08. The van der Waals surface area contributed by atoms with E-state index in [2.05, 4.69) is 20.7 Å². The first-order valence-corrected chi connectivity index (χ1v) is 4.43. The van der Waals surface area contributed by atoms with Crippen LogP contribution in [0, 0.1) is 0 Å². The number of hydrogen-bond acceptors (Lipinski definition) is 6. The Bertz CT molecular complexity index is 184. The van der Waals surface area contributed by atoms with Gasteiger partial charge in [-0.1, -0.05) is 0 Å². The van der Waals surface area contributed by atoms with E-state index in [1.54, 1.807) is 0 Å². The molecule has 1 rings (SSSR count). The van der Waals surface area contributed by atoms with E-state index < -0.39 is 35.7 Å². The van der Waals surface area contributed by atoms with Gasteiger partial charge in [0.25, 0.3) is 4.70 Å². The highest BCUT2D eigenvalue weighted by Gasteiger charge is 2.51. The Morgan fingerprint density at radius 2 is 1.77 bits per heavy atom. The first kappa shape index (κ1) is 11.3. The number of ether oxygens (including phenoxy) is 1. The molecule has 5 N–H and O–H groups in total. The summed E-state index contributed by atoms with van der Waals surface area (Å²) in [6.07, 6.45) is -5.82. The number of hydrogen-bond donors (Lipinski definition) is 5. The van der Waals surface area contributed by atoms with Gasteiger partial charge in [0.1, 0.15) is 24.4 Å². The molecule has 1 fully saturated rings. The zero-order valence-electron chi connectivity index (χ0n) is 6.54. The molecule has 0 aliphatic carbocycles. The fraction of sp³-hybridized carbons (Fsp3) is 1.00. The maximum Gasteiger partial charge on any atom is 0.254 e. The lowest BCUT2D eigenvalue weighted by Gasteiger charge is -2.42. The molecule has 1 saturated heterocycles. The van der Waals surface area contributed by atoms with Gasteiger partial charge in [0.05, 0.1) is 6.61 Å². The zero-order chi connectivity index (χ0) is 10.2. The highest BCUT2D eigenvalue weighted by Crippen LogP contribution is 2.32. The van der Waals surface area contributed by atoms with Gasteiger partial charge in [-0.05, 0) is 15.9 Å². The molecule has 0 saturated carbocycles. The maximum absolute atomic E-state index is 9.29. The molecule has 7 heteroatoms. The molecule has 78 valence electrons. The summed E-state index contributed by atoms with van der Waals surface area (Å²) in [4.78, 5) is 0. The summed E-state index contributed by atoms with van der Waals surface area (Å²) >= 11 is 2.61. The standard InChI is InChI=1S/C6H11BrO6/c7-6(12)5(11)4(10)3(9)2(1-8)13-6/h2-5,8-12H,1H2/t2-,3-,4+,5+,6-/m1/s1. The largest absolute Gasteiger partial charge is 0.394 e. The molecule has 6 nitrogen and oxygen atoms in total. The quantitative estimate of drug-likeness (QED) is 0.333. The normalized spacial score (nSPS) is 52.2. The average molecular weight is 259 g/mol. The molecule has 1 aliphatic heterocycles. The Labute approximate surface area is 82.5 Å². The van der Waals surface area contributed by atoms with E-state index in [0.717, 1.165) is 0 Å². The van der Waals surface area contributed by atoms with Crippen LogP contribution in [0.3, 0.4) is 0 Å². The van der Waals surface area contributed by atoms with Crippen molar-refractivity contribution in [3.8, 4) is 0 Å². The summed E-state index contributed by atoms with van der Waals surface area (Å²) < 4.78 is 2.54. The van der Waals surface area contributed by atoms with Crippen LogP contribution in [0.2, 0.25) is 0 Å². The predicted molar refractivity (Wildman–Crippen MR) is 43.9 cm³/mol. The Hall–Kier alpha value is 0.240. The van der Waals surface area contributed by atoms with Crippen molar-refractivity contribution in [2.75, 3.05) is 6.61 Å². The number of alkyl halides is 1. The third-order valence-corrected chi connectivity index (χ3v) is 2.57. The molecule has 0 amide bonds. The first-order chi connectivity index (χ1) is 5.90. The molecule has 0 unspecified atom stereocenters. The van der Waals surface area contributed by atoms with Crippen LogP contribution in [0.15, 0.2) is 0 Å². The highest BCUT2D eigenvalue weighted by molar-refractivity contribution is 9.10. The van der Waals surface area contributed by atoms with Crippen molar-refractivity contribution in [3.63, 3.8) is 0 Å². The van der Waals surface area contributed by atoms with Gasteiger partial charge in [0, 0.05) is 0 Å². The van der Waals surface area contributed by atoms with E-state index in [4.69, 9.17) is 5.11 Å². The van der Waals surface area contributed by atoms with Crippen LogP contribution in [-0.4, -0.2) is 61.3 Å². The monoisotopic (exact) mass is 258 g/mol. The van der Waals surface area contributed by atoms with E-state index in [1.165, 1.54) is 0 Å². The Morgan fingerprint density at radius 1 is 1.23 bits per heavy atom. The van der Waals surface area contributed by atoms with Crippen molar-refractivity contribution in [1.82, 2.24) is 0 Å².